The minimum absolute atomic E-state index is 0.0755. The molecule has 0 aliphatic carbocycles. The van der Waals surface area contributed by atoms with E-state index in [-0.39, 0.29) is 32.5 Å². The average molecular weight is 472 g/mol. The van der Waals surface area contributed by atoms with Gasteiger partial charge in [-0.05, 0) is 36.8 Å². The molecule has 1 aromatic carbocycles. The number of benzene rings is 1. The standard InChI is InChI=1S/C17H12Cl3F3N2O4/c1-3-29-15(27)11(19)7-8-6-9(4-5-10(8)18)25-14(26)12(20)13(17(21,22)23)24(2)16(25)28/h4-7H,3H2,1-2H3/b11-7-. The molecule has 1 aromatic heterocycles. The van der Waals surface area contributed by atoms with Crippen LogP contribution < -0.4 is 11.2 Å². The van der Waals surface area contributed by atoms with Crippen LogP contribution in [-0.2, 0) is 22.8 Å². The number of ether oxygens (including phenoxy) is 1. The first-order valence-electron chi connectivity index (χ1n) is 7.83. The van der Waals surface area contributed by atoms with Gasteiger partial charge in [0.15, 0.2) is 5.69 Å². The summed E-state index contributed by atoms with van der Waals surface area (Å²) in [5.41, 5.74) is -4.22. The molecule has 2 rings (SSSR count). The monoisotopic (exact) mass is 470 g/mol. The van der Waals surface area contributed by atoms with E-state index in [2.05, 4.69) is 0 Å². The number of esters is 1. The second kappa shape index (κ2) is 8.64. The minimum Gasteiger partial charge on any atom is -0.462 e. The van der Waals surface area contributed by atoms with Crippen LogP contribution in [0.15, 0.2) is 32.8 Å². The lowest BCUT2D eigenvalue weighted by Crippen LogP contribution is -2.41. The number of rotatable bonds is 4. The van der Waals surface area contributed by atoms with Crippen LogP contribution in [-0.4, -0.2) is 21.7 Å². The van der Waals surface area contributed by atoms with Gasteiger partial charge < -0.3 is 4.74 Å². The molecule has 0 N–H and O–H groups in total. The molecule has 0 saturated carbocycles. The fraction of sp³-hybridized carbons (Fsp3) is 0.235. The van der Waals surface area contributed by atoms with Crippen molar-refractivity contribution in [1.82, 2.24) is 9.13 Å². The summed E-state index contributed by atoms with van der Waals surface area (Å²) in [5, 5.41) is -1.41. The van der Waals surface area contributed by atoms with Crippen molar-refractivity contribution in [3.05, 3.63) is 65.4 Å². The van der Waals surface area contributed by atoms with Crippen molar-refractivity contribution in [1.29, 1.82) is 0 Å². The second-order valence-corrected chi connectivity index (χ2v) is 6.75. The molecule has 6 nitrogen and oxygen atoms in total. The van der Waals surface area contributed by atoms with Gasteiger partial charge in [-0.15, -0.1) is 0 Å². The molecule has 29 heavy (non-hydrogen) atoms. The van der Waals surface area contributed by atoms with E-state index < -0.39 is 34.1 Å². The molecule has 0 unspecified atom stereocenters. The first-order chi connectivity index (χ1) is 13.4. The number of nitrogens with zero attached hydrogens (tertiary/aromatic N) is 2. The first-order valence-corrected chi connectivity index (χ1v) is 8.96. The SMILES string of the molecule is CCOC(=O)/C(Cl)=C/c1cc(-n2c(=O)c(Cl)c(C(F)(F)F)n(C)c2=O)ccc1Cl. The lowest BCUT2D eigenvalue weighted by molar-refractivity contribution is -0.144. The molecule has 1 heterocycles. The minimum atomic E-state index is -5.01. The summed E-state index contributed by atoms with van der Waals surface area (Å²) in [6, 6.07) is 3.69. The van der Waals surface area contributed by atoms with Crippen molar-refractivity contribution >= 4 is 46.8 Å². The van der Waals surface area contributed by atoms with E-state index in [1.807, 2.05) is 0 Å². The molecule has 0 amide bonds. The maximum Gasteiger partial charge on any atom is 0.433 e. The van der Waals surface area contributed by atoms with Crippen LogP contribution in [0, 0.1) is 0 Å². The Balaban J connectivity index is 2.72. The van der Waals surface area contributed by atoms with Gasteiger partial charge in [0.1, 0.15) is 10.1 Å². The smallest absolute Gasteiger partial charge is 0.433 e. The number of carbonyl (C=O) groups excluding carboxylic acids is 1. The van der Waals surface area contributed by atoms with Crippen molar-refractivity contribution < 1.29 is 22.7 Å². The fourth-order valence-corrected chi connectivity index (χ4v) is 3.06. The maximum atomic E-state index is 13.1. The summed E-state index contributed by atoms with van der Waals surface area (Å²) in [6.45, 7) is 1.65. The highest BCUT2D eigenvalue weighted by Crippen LogP contribution is 2.32. The number of hydrogen-bond acceptors (Lipinski definition) is 4. The highest BCUT2D eigenvalue weighted by molar-refractivity contribution is 6.43. The van der Waals surface area contributed by atoms with Crippen molar-refractivity contribution in [2.45, 2.75) is 13.1 Å². The highest BCUT2D eigenvalue weighted by atomic mass is 35.5. The molecule has 0 saturated heterocycles. The Morgan fingerprint density at radius 3 is 2.41 bits per heavy atom. The maximum absolute atomic E-state index is 13.1. The number of hydrogen-bond donors (Lipinski definition) is 0. The van der Waals surface area contributed by atoms with E-state index in [0.29, 0.717) is 4.57 Å². The summed E-state index contributed by atoms with van der Waals surface area (Å²) in [5.74, 6) is -0.832. The van der Waals surface area contributed by atoms with E-state index >= 15 is 0 Å². The molecule has 2 aromatic rings. The van der Waals surface area contributed by atoms with E-state index in [4.69, 9.17) is 39.5 Å². The van der Waals surface area contributed by atoms with Crippen LogP contribution in [0.25, 0.3) is 11.8 Å². The van der Waals surface area contributed by atoms with Gasteiger partial charge in [0.2, 0.25) is 0 Å². The molecule has 0 atom stereocenters. The topological polar surface area (TPSA) is 70.3 Å². The van der Waals surface area contributed by atoms with Crippen LogP contribution in [0.3, 0.4) is 0 Å². The van der Waals surface area contributed by atoms with Gasteiger partial charge in [-0.3, -0.25) is 9.36 Å². The molecule has 0 aliphatic heterocycles. The predicted molar refractivity (Wildman–Crippen MR) is 103 cm³/mol. The van der Waals surface area contributed by atoms with Crippen LogP contribution in [0.4, 0.5) is 13.2 Å². The average Bonchev–Trinajstić information content (AvgIpc) is 2.62. The van der Waals surface area contributed by atoms with Crippen LogP contribution in [0.1, 0.15) is 18.2 Å². The van der Waals surface area contributed by atoms with E-state index in [0.717, 1.165) is 13.1 Å². The summed E-state index contributed by atoms with van der Waals surface area (Å²) < 4.78 is 44.8. The Bertz CT molecular complexity index is 1080. The van der Waals surface area contributed by atoms with Gasteiger partial charge in [0.25, 0.3) is 5.56 Å². The summed E-state index contributed by atoms with van der Waals surface area (Å²) in [6.07, 6.45) is -3.88. The first kappa shape index (κ1) is 23.1. The number of carbonyl (C=O) groups is 1. The van der Waals surface area contributed by atoms with Gasteiger partial charge in [-0.2, -0.15) is 13.2 Å². The summed E-state index contributed by atoms with van der Waals surface area (Å²) in [7, 11) is 0.835. The molecule has 0 radical (unpaired) electrons. The number of aromatic nitrogens is 2. The van der Waals surface area contributed by atoms with E-state index in [1.54, 1.807) is 6.92 Å². The van der Waals surface area contributed by atoms with Crippen molar-refractivity contribution in [3.63, 3.8) is 0 Å². The zero-order valence-corrected chi connectivity index (χ0v) is 17.1. The van der Waals surface area contributed by atoms with E-state index in [1.165, 1.54) is 18.2 Å². The van der Waals surface area contributed by atoms with Crippen molar-refractivity contribution in [2.75, 3.05) is 6.61 Å². The lowest BCUT2D eigenvalue weighted by Gasteiger charge is -2.16. The Morgan fingerprint density at radius 1 is 1.24 bits per heavy atom. The molecular formula is C17H12Cl3F3N2O4. The quantitative estimate of drug-likeness (QED) is 0.499. The molecule has 0 aliphatic rings. The number of halogens is 6. The third-order valence-electron chi connectivity index (χ3n) is 3.67. The Hall–Kier alpha value is -2.23. The van der Waals surface area contributed by atoms with Crippen LogP contribution >= 0.6 is 34.8 Å². The van der Waals surface area contributed by atoms with Gasteiger partial charge in [0, 0.05) is 12.1 Å². The van der Waals surface area contributed by atoms with Gasteiger partial charge in [0.05, 0.1) is 12.3 Å². The summed E-state index contributed by atoms with van der Waals surface area (Å²) >= 11 is 17.5. The molecule has 0 bridgehead atoms. The summed E-state index contributed by atoms with van der Waals surface area (Å²) in [4.78, 5) is 36.5. The molecule has 0 fully saturated rings. The van der Waals surface area contributed by atoms with Crippen LogP contribution in [0.5, 0.6) is 0 Å². The van der Waals surface area contributed by atoms with Gasteiger partial charge in [-0.1, -0.05) is 34.8 Å². The number of alkyl halides is 3. The zero-order valence-electron chi connectivity index (χ0n) is 14.8. The van der Waals surface area contributed by atoms with Crippen LogP contribution in [0.2, 0.25) is 10.0 Å². The van der Waals surface area contributed by atoms with E-state index in [9.17, 15) is 27.6 Å². The third-order valence-corrected chi connectivity index (χ3v) is 4.62. The highest BCUT2D eigenvalue weighted by Gasteiger charge is 2.38. The molecular weight excluding hydrogens is 460 g/mol. The zero-order chi connectivity index (χ0) is 22.1. The predicted octanol–water partition coefficient (Wildman–Crippen LogP) is 4.00. The normalized spacial score (nSPS) is 12.2. The van der Waals surface area contributed by atoms with Crippen molar-refractivity contribution in [3.8, 4) is 5.69 Å². The van der Waals surface area contributed by atoms with Gasteiger partial charge >= 0.3 is 17.8 Å². The Kier molecular flexibility index (Phi) is 6.87. The molecule has 156 valence electrons. The largest absolute Gasteiger partial charge is 0.462 e. The Labute approximate surface area is 176 Å². The van der Waals surface area contributed by atoms with Gasteiger partial charge in [-0.25, -0.2) is 14.2 Å². The second-order valence-electron chi connectivity index (χ2n) is 5.56. The lowest BCUT2D eigenvalue weighted by atomic mass is 10.1. The van der Waals surface area contributed by atoms with Crippen molar-refractivity contribution in [2.24, 2.45) is 7.05 Å². The Morgan fingerprint density at radius 2 is 1.86 bits per heavy atom. The third kappa shape index (κ3) is 4.68. The molecule has 0 spiro atoms. The fourth-order valence-electron chi connectivity index (χ4n) is 2.40. The molecule has 12 heteroatoms.